The second-order valence-electron chi connectivity index (χ2n) is 7.02. The maximum atomic E-state index is 12.6. The molecule has 1 amide bonds. The minimum Gasteiger partial charge on any atom is -0.492 e. The fourth-order valence-electron chi connectivity index (χ4n) is 3.57. The Labute approximate surface area is 165 Å². The van der Waals surface area contributed by atoms with Crippen LogP contribution in [0.15, 0.2) is 47.3 Å². The molecule has 0 saturated heterocycles. The second-order valence-corrected chi connectivity index (χ2v) is 7.02. The molecule has 2 aromatic carbocycles. The lowest BCUT2D eigenvalue weighted by molar-refractivity contribution is -0.116. The largest absolute Gasteiger partial charge is 0.492 e. The number of aromatic nitrogens is 1. The van der Waals surface area contributed by atoms with Crippen molar-refractivity contribution < 1.29 is 9.53 Å². The average molecular weight is 378 g/mol. The van der Waals surface area contributed by atoms with E-state index in [2.05, 4.69) is 17.4 Å². The molecule has 0 radical (unpaired) electrons. The number of carbonyl (C=O) groups excluding carboxylic acids is 1. The normalized spacial score (nSPS) is 10.9. The van der Waals surface area contributed by atoms with Gasteiger partial charge in [-0.2, -0.15) is 0 Å². The molecule has 0 unspecified atom stereocenters. The molecule has 3 rings (SSSR count). The monoisotopic (exact) mass is 378 g/mol. The van der Waals surface area contributed by atoms with Gasteiger partial charge in [-0.25, -0.2) is 0 Å². The van der Waals surface area contributed by atoms with Crippen molar-refractivity contribution in [2.75, 3.05) is 11.9 Å². The molecule has 28 heavy (non-hydrogen) atoms. The van der Waals surface area contributed by atoms with Crippen molar-refractivity contribution in [1.82, 2.24) is 4.57 Å². The van der Waals surface area contributed by atoms with E-state index in [-0.39, 0.29) is 17.9 Å². The van der Waals surface area contributed by atoms with Crippen LogP contribution in [0.3, 0.4) is 0 Å². The van der Waals surface area contributed by atoms with Crippen LogP contribution in [-0.4, -0.2) is 17.1 Å². The van der Waals surface area contributed by atoms with Crippen molar-refractivity contribution in [2.45, 2.75) is 40.7 Å². The van der Waals surface area contributed by atoms with Crippen molar-refractivity contribution in [3.05, 3.63) is 69.5 Å². The zero-order valence-corrected chi connectivity index (χ0v) is 16.8. The van der Waals surface area contributed by atoms with Crippen molar-refractivity contribution in [3.8, 4) is 5.75 Å². The molecule has 3 aromatic rings. The third-order valence-corrected chi connectivity index (χ3v) is 4.77. The lowest BCUT2D eigenvalue weighted by Gasteiger charge is -2.15. The zero-order valence-electron chi connectivity index (χ0n) is 16.8. The Morgan fingerprint density at radius 1 is 1.07 bits per heavy atom. The summed E-state index contributed by atoms with van der Waals surface area (Å²) in [4.78, 5) is 25.1. The third kappa shape index (κ3) is 4.09. The number of amides is 1. The van der Waals surface area contributed by atoms with Gasteiger partial charge in [0.1, 0.15) is 5.75 Å². The van der Waals surface area contributed by atoms with Crippen LogP contribution in [0.2, 0.25) is 0 Å². The summed E-state index contributed by atoms with van der Waals surface area (Å²) in [5, 5.41) is 3.94. The van der Waals surface area contributed by atoms with Gasteiger partial charge in [-0.1, -0.05) is 23.8 Å². The van der Waals surface area contributed by atoms with Crippen LogP contribution >= 0.6 is 0 Å². The van der Waals surface area contributed by atoms with Crippen LogP contribution in [0.4, 0.5) is 5.69 Å². The number of hydrogen-bond donors (Lipinski definition) is 1. The number of benzene rings is 2. The SMILES string of the molecule is CCOc1ccccc1NC(=O)CCn1c(=O)cc(C)c2cc(C)cc(C)c21. The molecule has 0 saturated carbocycles. The molecule has 5 heteroatoms. The smallest absolute Gasteiger partial charge is 0.251 e. The lowest BCUT2D eigenvalue weighted by atomic mass is 10.0. The number of carbonyl (C=O) groups is 1. The maximum absolute atomic E-state index is 12.6. The number of anilines is 1. The Morgan fingerprint density at radius 3 is 2.57 bits per heavy atom. The zero-order chi connectivity index (χ0) is 20.3. The van der Waals surface area contributed by atoms with Gasteiger partial charge in [-0.05, 0) is 57.0 Å². The minimum absolute atomic E-state index is 0.0838. The van der Waals surface area contributed by atoms with E-state index in [9.17, 15) is 9.59 Å². The topological polar surface area (TPSA) is 60.3 Å². The van der Waals surface area contributed by atoms with Gasteiger partial charge < -0.3 is 14.6 Å². The van der Waals surface area contributed by atoms with E-state index in [0.29, 0.717) is 24.6 Å². The summed E-state index contributed by atoms with van der Waals surface area (Å²) in [7, 11) is 0. The van der Waals surface area contributed by atoms with E-state index in [1.165, 1.54) is 0 Å². The van der Waals surface area contributed by atoms with E-state index in [1.807, 2.05) is 52.0 Å². The van der Waals surface area contributed by atoms with Crippen LogP contribution in [0, 0.1) is 20.8 Å². The first kappa shape index (κ1) is 19.7. The average Bonchev–Trinajstić information content (AvgIpc) is 2.64. The fraction of sp³-hybridized carbons (Fsp3) is 0.304. The molecule has 1 N–H and O–H groups in total. The highest BCUT2D eigenvalue weighted by Crippen LogP contribution is 2.25. The molecule has 0 atom stereocenters. The number of hydrogen-bond acceptors (Lipinski definition) is 3. The van der Waals surface area contributed by atoms with Gasteiger partial charge in [0.25, 0.3) is 5.56 Å². The molecule has 0 bridgehead atoms. The first-order chi connectivity index (χ1) is 13.4. The number of ether oxygens (including phenoxy) is 1. The second kappa shape index (κ2) is 8.30. The van der Waals surface area contributed by atoms with E-state index in [1.54, 1.807) is 10.6 Å². The molecule has 0 aliphatic heterocycles. The molecular weight excluding hydrogens is 352 g/mol. The molecule has 0 aliphatic carbocycles. The van der Waals surface area contributed by atoms with E-state index in [0.717, 1.165) is 27.6 Å². The van der Waals surface area contributed by atoms with E-state index in [4.69, 9.17) is 4.74 Å². The van der Waals surface area contributed by atoms with Crippen molar-refractivity contribution in [3.63, 3.8) is 0 Å². The molecule has 0 fully saturated rings. The number of nitrogens with one attached hydrogen (secondary N) is 1. The number of pyridine rings is 1. The van der Waals surface area contributed by atoms with Crippen LogP contribution in [0.1, 0.15) is 30.0 Å². The maximum Gasteiger partial charge on any atom is 0.251 e. The fourth-order valence-corrected chi connectivity index (χ4v) is 3.57. The molecule has 1 aromatic heterocycles. The Bertz CT molecular complexity index is 1080. The van der Waals surface area contributed by atoms with Crippen molar-refractivity contribution in [2.24, 2.45) is 0 Å². The van der Waals surface area contributed by atoms with Gasteiger partial charge in [0.05, 0.1) is 17.8 Å². The quantitative estimate of drug-likeness (QED) is 0.693. The van der Waals surface area contributed by atoms with Crippen molar-refractivity contribution >= 4 is 22.5 Å². The van der Waals surface area contributed by atoms with Gasteiger partial charge in [0.15, 0.2) is 0 Å². The number of para-hydroxylation sites is 2. The van der Waals surface area contributed by atoms with Crippen LogP contribution in [0.25, 0.3) is 10.9 Å². The summed E-state index contributed by atoms with van der Waals surface area (Å²) < 4.78 is 7.25. The van der Waals surface area contributed by atoms with Crippen LogP contribution in [-0.2, 0) is 11.3 Å². The summed E-state index contributed by atoms with van der Waals surface area (Å²) in [5.41, 5.74) is 4.61. The Balaban J connectivity index is 1.84. The Hall–Kier alpha value is -3.08. The predicted octanol–water partition coefficient (Wildman–Crippen LogP) is 4.35. The van der Waals surface area contributed by atoms with Crippen LogP contribution in [0.5, 0.6) is 5.75 Å². The summed E-state index contributed by atoms with van der Waals surface area (Å²) in [6.45, 7) is 8.74. The first-order valence-electron chi connectivity index (χ1n) is 9.53. The lowest BCUT2D eigenvalue weighted by Crippen LogP contribution is -2.24. The number of fused-ring (bicyclic) bond motifs is 1. The Kier molecular flexibility index (Phi) is 5.83. The van der Waals surface area contributed by atoms with Gasteiger partial charge in [-0.15, -0.1) is 0 Å². The molecule has 5 nitrogen and oxygen atoms in total. The Morgan fingerprint density at radius 2 is 1.82 bits per heavy atom. The first-order valence-corrected chi connectivity index (χ1v) is 9.53. The van der Waals surface area contributed by atoms with Crippen molar-refractivity contribution in [1.29, 1.82) is 0 Å². The third-order valence-electron chi connectivity index (χ3n) is 4.77. The summed E-state index contributed by atoms with van der Waals surface area (Å²) in [5.74, 6) is 0.486. The van der Waals surface area contributed by atoms with Gasteiger partial charge >= 0.3 is 0 Å². The summed E-state index contributed by atoms with van der Waals surface area (Å²) >= 11 is 0. The molecule has 0 spiro atoms. The summed E-state index contributed by atoms with van der Waals surface area (Å²) in [6, 6.07) is 13.1. The number of nitrogens with zero attached hydrogens (tertiary/aromatic N) is 1. The van der Waals surface area contributed by atoms with Gasteiger partial charge in [0.2, 0.25) is 5.91 Å². The molecule has 146 valence electrons. The summed E-state index contributed by atoms with van der Waals surface area (Å²) in [6.07, 6.45) is 0.200. The van der Waals surface area contributed by atoms with E-state index < -0.39 is 0 Å². The minimum atomic E-state index is -0.155. The van der Waals surface area contributed by atoms with E-state index >= 15 is 0 Å². The number of rotatable bonds is 6. The molecule has 1 heterocycles. The highest BCUT2D eigenvalue weighted by molar-refractivity contribution is 5.92. The predicted molar refractivity (Wildman–Crippen MR) is 113 cm³/mol. The molecule has 0 aliphatic rings. The van der Waals surface area contributed by atoms with Gasteiger partial charge in [-0.3, -0.25) is 9.59 Å². The van der Waals surface area contributed by atoms with Crippen LogP contribution < -0.4 is 15.6 Å². The standard InChI is InChI=1S/C23H26N2O3/c1-5-28-20-9-7-6-8-19(20)24-21(26)10-11-25-22(27)14-16(3)18-13-15(2)12-17(4)23(18)25/h6-9,12-14H,5,10-11H2,1-4H3,(H,24,26). The number of aryl methyl sites for hydroxylation is 4. The van der Waals surface area contributed by atoms with Gasteiger partial charge in [0, 0.05) is 24.4 Å². The highest BCUT2D eigenvalue weighted by Gasteiger charge is 2.12. The molecular formula is C23H26N2O3. The highest BCUT2D eigenvalue weighted by atomic mass is 16.5.